The predicted octanol–water partition coefficient (Wildman–Crippen LogP) is 5.47. The first-order valence-corrected chi connectivity index (χ1v) is 7.63. The van der Waals surface area contributed by atoms with Crippen molar-refractivity contribution < 1.29 is 9.50 Å². The first-order valence-electron chi connectivity index (χ1n) is 7.63. The molecule has 2 rings (SSSR count). The monoisotopic (exact) mass is 288 g/mol. The van der Waals surface area contributed by atoms with Crippen molar-refractivity contribution in [3.63, 3.8) is 0 Å². The standard InChI is InChI=1S/C19H25FO/c1-13(12-19(2,3)4)11-18(21)16-9-10-17(20)15-8-6-5-7-14(15)16/h5-10,13,18,21H,11-12H2,1-4H3. The van der Waals surface area contributed by atoms with E-state index in [1.54, 1.807) is 12.1 Å². The van der Waals surface area contributed by atoms with Gasteiger partial charge in [0.25, 0.3) is 0 Å². The van der Waals surface area contributed by atoms with Crippen molar-refractivity contribution in [2.75, 3.05) is 0 Å². The highest BCUT2D eigenvalue weighted by molar-refractivity contribution is 5.86. The molecule has 2 unspecified atom stereocenters. The first-order chi connectivity index (χ1) is 9.78. The molecule has 0 bridgehead atoms. The van der Waals surface area contributed by atoms with Crippen LogP contribution in [0, 0.1) is 17.2 Å². The average Bonchev–Trinajstić information content (AvgIpc) is 2.37. The lowest BCUT2D eigenvalue weighted by Crippen LogP contribution is -2.13. The van der Waals surface area contributed by atoms with Crippen molar-refractivity contribution >= 4 is 10.8 Å². The number of hydrogen-bond acceptors (Lipinski definition) is 1. The molecule has 2 aromatic rings. The van der Waals surface area contributed by atoms with Gasteiger partial charge >= 0.3 is 0 Å². The van der Waals surface area contributed by atoms with Crippen LogP contribution >= 0.6 is 0 Å². The highest BCUT2D eigenvalue weighted by Gasteiger charge is 2.20. The van der Waals surface area contributed by atoms with Crippen molar-refractivity contribution in [1.29, 1.82) is 0 Å². The fraction of sp³-hybridized carbons (Fsp3) is 0.474. The zero-order valence-electron chi connectivity index (χ0n) is 13.4. The van der Waals surface area contributed by atoms with Gasteiger partial charge in [0.2, 0.25) is 0 Å². The smallest absolute Gasteiger partial charge is 0.131 e. The van der Waals surface area contributed by atoms with Crippen LogP contribution in [0.3, 0.4) is 0 Å². The van der Waals surface area contributed by atoms with Crippen molar-refractivity contribution in [2.45, 2.75) is 46.6 Å². The van der Waals surface area contributed by atoms with E-state index in [-0.39, 0.29) is 11.2 Å². The molecule has 0 aliphatic carbocycles. The molecule has 0 fully saturated rings. The Kier molecular flexibility index (Phi) is 4.67. The third kappa shape index (κ3) is 4.04. The molecule has 21 heavy (non-hydrogen) atoms. The summed E-state index contributed by atoms with van der Waals surface area (Å²) >= 11 is 0. The number of benzene rings is 2. The molecule has 1 nitrogen and oxygen atoms in total. The maximum Gasteiger partial charge on any atom is 0.131 e. The lowest BCUT2D eigenvalue weighted by atomic mass is 9.82. The molecule has 2 heteroatoms. The van der Waals surface area contributed by atoms with Gasteiger partial charge in [-0.05, 0) is 41.2 Å². The molecule has 2 atom stereocenters. The molecule has 0 saturated carbocycles. The Morgan fingerprint density at radius 1 is 1.05 bits per heavy atom. The summed E-state index contributed by atoms with van der Waals surface area (Å²) in [6.07, 6.45) is 1.21. The highest BCUT2D eigenvalue weighted by Crippen LogP contribution is 2.33. The van der Waals surface area contributed by atoms with Crippen LogP contribution in [0.2, 0.25) is 0 Å². The summed E-state index contributed by atoms with van der Waals surface area (Å²) < 4.78 is 13.8. The van der Waals surface area contributed by atoms with Crippen LogP contribution in [0.15, 0.2) is 36.4 Å². The Morgan fingerprint density at radius 2 is 1.67 bits per heavy atom. The summed E-state index contributed by atoms with van der Waals surface area (Å²) in [6.45, 7) is 8.80. The van der Waals surface area contributed by atoms with Crippen LogP contribution in [-0.2, 0) is 0 Å². The van der Waals surface area contributed by atoms with Gasteiger partial charge in [-0.1, -0.05) is 58.0 Å². The summed E-state index contributed by atoms with van der Waals surface area (Å²) in [5.74, 6) is 0.188. The van der Waals surface area contributed by atoms with Crippen molar-refractivity contribution in [2.24, 2.45) is 11.3 Å². The summed E-state index contributed by atoms with van der Waals surface area (Å²) in [5, 5.41) is 11.9. The number of rotatable bonds is 4. The van der Waals surface area contributed by atoms with E-state index in [2.05, 4.69) is 27.7 Å². The van der Waals surface area contributed by atoms with Crippen LogP contribution < -0.4 is 0 Å². The van der Waals surface area contributed by atoms with Crippen LogP contribution in [0.4, 0.5) is 4.39 Å². The second kappa shape index (κ2) is 6.15. The summed E-state index contributed by atoms with van der Waals surface area (Å²) in [4.78, 5) is 0. The lowest BCUT2D eigenvalue weighted by molar-refractivity contribution is 0.135. The van der Waals surface area contributed by atoms with E-state index in [9.17, 15) is 9.50 Å². The van der Waals surface area contributed by atoms with Crippen molar-refractivity contribution in [3.8, 4) is 0 Å². The van der Waals surface area contributed by atoms with E-state index < -0.39 is 6.10 Å². The number of fused-ring (bicyclic) bond motifs is 1. The zero-order chi connectivity index (χ0) is 15.6. The van der Waals surface area contributed by atoms with Crippen LogP contribution in [-0.4, -0.2) is 5.11 Å². The molecule has 0 aliphatic rings. The maximum atomic E-state index is 13.8. The van der Waals surface area contributed by atoms with Crippen LogP contribution in [0.1, 0.15) is 52.2 Å². The van der Waals surface area contributed by atoms with E-state index in [4.69, 9.17) is 0 Å². The largest absolute Gasteiger partial charge is 0.388 e. The highest BCUT2D eigenvalue weighted by atomic mass is 19.1. The normalized spacial score (nSPS) is 15.1. The summed E-state index contributed by atoms with van der Waals surface area (Å²) in [5.41, 5.74) is 1.08. The molecule has 0 saturated heterocycles. The molecular formula is C19H25FO. The van der Waals surface area contributed by atoms with Gasteiger partial charge in [0.05, 0.1) is 6.10 Å². The molecule has 0 amide bonds. The second-order valence-corrected chi connectivity index (χ2v) is 7.30. The van der Waals surface area contributed by atoms with Gasteiger partial charge in [0.15, 0.2) is 0 Å². The number of halogens is 1. The Hall–Kier alpha value is -1.41. The van der Waals surface area contributed by atoms with Crippen molar-refractivity contribution in [1.82, 2.24) is 0 Å². The molecule has 1 N–H and O–H groups in total. The van der Waals surface area contributed by atoms with E-state index in [1.165, 1.54) is 6.07 Å². The quantitative estimate of drug-likeness (QED) is 0.790. The minimum Gasteiger partial charge on any atom is -0.388 e. The van der Waals surface area contributed by atoms with E-state index >= 15 is 0 Å². The molecular weight excluding hydrogens is 263 g/mol. The second-order valence-electron chi connectivity index (χ2n) is 7.30. The van der Waals surface area contributed by atoms with E-state index in [0.29, 0.717) is 17.7 Å². The van der Waals surface area contributed by atoms with Gasteiger partial charge in [-0.3, -0.25) is 0 Å². The molecule has 0 spiro atoms. The third-order valence-electron chi connectivity index (χ3n) is 3.85. The van der Waals surface area contributed by atoms with Gasteiger partial charge in [0.1, 0.15) is 5.82 Å². The predicted molar refractivity (Wildman–Crippen MR) is 86.7 cm³/mol. The van der Waals surface area contributed by atoms with Gasteiger partial charge in [0, 0.05) is 5.39 Å². The maximum absolute atomic E-state index is 13.8. The van der Waals surface area contributed by atoms with Crippen molar-refractivity contribution in [3.05, 3.63) is 47.8 Å². The topological polar surface area (TPSA) is 20.2 Å². The molecule has 0 aliphatic heterocycles. The van der Waals surface area contributed by atoms with Gasteiger partial charge in [-0.15, -0.1) is 0 Å². The van der Waals surface area contributed by atoms with Crippen LogP contribution in [0.25, 0.3) is 10.8 Å². The Bertz CT molecular complexity index is 612. The first kappa shape index (κ1) is 16.0. The molecule has 114 valence electrons. The van der Waals surface area contributed by atoms with E-state index in [0.717, 1.165) is 17.4 Å². The molecule has 0 radical (unpaired) electrons. The Balaban J connectivity index is 2.24. The lowest BCUT2D eigenvalue weighted by Gasteiger charge is -2.25. The Labute approximate surface area is 126 Å². The Morgan fingerprint density at radius 3 is 2.29 bits per heavy atom. The van der Waals surface area contributed by atoms with Crippen LogP contribution in [0.5, 0.6) is 0 Å². The zero-order valence-corrected chi connectivity index (χ0v) is 13.4. The minimum absolute atomic E-state index is 0.232. The molecule has 0 heterocycles. The van der Waals surface area contributed by atoms with E-state index in [1.807, 2.05) is 18.2 Å². The van der Waals surface area contributed by atoms with Gasteiger partial charge in [-0.25, -0.2) is 4.39 Å². The summed E-state index contributed by atoms with van der Waals surface area (Å²) in [6, 6.07) is 10.5. The number of hydrogen-bond donors (Lipinski definition) is 1. The fourth-order valence-corrected chi connectivity index (χ4v) is 3.21. The average molecular weight is 288 g/mol. The summed E-state index contributed by atoms with van der Waals surface area (Å²) in [7, 11) is 0. The number of aliphatic hydroxyl groups excluding tert-OH is 1. The fourth-order valence-electron chi connectivity index (χ4n) is 3.21. The SMILES string of the molecule is CC(CC(O)c1ccc(F)c2ccccc12)CC(C)(C)C. The van der Waals surface area contributed by atoms with Gasteiger partial charge in [-0.2, -0.15) is 0 Å². The number of aliphatic hydroxyl groups is 1. The third-order valence-corrected chi connectivity index (χ3v) is 3.85. The minimum atomic E-state index is -0.548. The molecule has 0 aromatic heterocycles. The molecule has 2 aromatic carbocycles. The van der Waals surface area contributed by atoms with Gasteiger partial charge < -0.3 is 5.11 Å².